The molecule has 3 aromatic rings. The van der Waals surface area contributed by atoms with Gasteiger partial charge in [-0.15, -0.1) is 0 Å². The van der Waals surface area contributed by atoms with E-state index in [2.05, 4.69) is 0 Å². The number of carbonyl (C=O) groups is 1. The fraction of sp³-hybridized carbons (Fsp3) is 0.269. The first-order valence-corrected chi connectivity index (χ1v) is 10.5. The van der Waals surface area contributed by atoms with Crippen molar-refractivity contribution in [1.82, 2.24) is 0 Å². The highest BCUT2D eigenvalue weighted by atomic mass is 19.1. The number of aryl methyl sites for hydroxylation is 1. The second-order valence-electron chi connectivity index (χ2n) is 7.60. The van der Waals surface area contributed by atoms with E-state index in [0.717, 1.165) is 11.3 Å². The van der Waals surface area contributed by atoms with E-state index >= 15 is 0 Å². The molecule has 2 N–H and O–H groups in total. The number of nitrogens with zero attached hydrogens (tertiary/aromatic N) is 1. The van der Waals surface area contributed by atoms with Crippen molar-refractivity contribution in [2.45, 2.75) is 45.8 Å². The molecule has 1 heterocycles. The summed E-state index contributed by atoms with van der Waals surface area (Å²) in [5, 5.41) is 18.1. The number of halogens is 2. The Hall–Kier alpha value is -3.25. The van der Waals surface area contributed by atoms with Gasteiger partial charge in [-0.3, -0.25) is 4.79 Å². The van der Waals surface area contributed by atoms with Crippen LogP contribution in [0.1, 0.15) is 43.9 Å². The molecular weight excluding hydrogens is 412 g/mol. The second-order valence-corrected chi connectivity index (χ2v) is 7.60. The second kappa shape index (κ2) is 12.0. The van der Waals surface area contributed by atoms with E-state index < -0.39 is 6.10 Å². The largest absolute Gasteiger partial charge is 0.508 e. The van der Waals surface area contributed by atoms with E-state index in [1.54, 1.807) is 41.3 Å². The Labute approximate surface area is 187 Å². The minimum atomic E-state index is -0.462. The first-order chi connectivity index (χ1) is 15.2. The van der Waals surface area contributed by atoms with Crippen molar-refractivity contribution in [1.29, 1.82) is 0 Å². The number of hydrogen-bond donors (Lipinski definition) is 2. The molecule has 170 valence electrons. The Morgan fingerprint density at radius 3 is 1.84 bits per heavy atom. The highest BCUT2D eigenvalue weighted by Crippen LogP contribution is 2.27. The number of β-lactam (4-membered cyclic amide) rings is 1. The molecule has 0 saturated carbocycles. The van der Waals surface area contributed by atoms with Gasteiger partial charge in [-0.25, -0.2) is 8.78 Å². The number of benzene rings is 3. The summed E-state index contributed by atoms with van der Waals surface area (Å²) >= 11 is 0. The highest BCUT2D eigenvalue weighted by molar-refractivity contribution is 6.00. The van der Waals surface area contributed by atoms with Crippen molar-refractivity contribution in [2.75, 3.05) is 4.90 Å². The van der Waals surface area contributed by atoms with Gasteiger partial charge in [0.2, 0.25) is 5.91 Å². The third-order valence-corrected chi connectivity index (χ3v) is 4.96. The van der Waals surface area contributed by atoms with Crippen LogP contribution < -0.4 is 4.90 Å². The molecule has 1 fully saturated rings. The molecule has 0 aromatic heterocycles. The number of phenolic OH excluding ortho intramolecular Hbond substituents is 1. The molecule has 0 spiro atoms. The predicted octanol–water partition coefficient (Wildman–Crippen LogP) is 5.92. The van der Waals surface area contributed by atoms with Gasteiger partial charge in [0.15, 0.2) is 0 Å². The number of aromatic hydroxyl groups is 1. The number of aliphatic hydroxyl groups is 1. The average Bonchev–Trinajstić information content (AvgIpc) is 2.78. The number of rotatable bonds is 3. The molecule has 6 heteroatoms. The smallest absolute Gasteiger partial charge is 0.229 e. The third-order valence-electron chi connectivity index (χ3n) is 4.96. The van der Waals surface area contributed by atoms with E-state index in [0.29, 0.717) is 18.6 Å². The quantitative estimate of drug-likeness (QED) is 0.496. The van der Waals surface area contributed by atoms with Crippen LogP contribution in [0.25, 0.3) is 0 Å². The summed E-state index contributed by atoms with van der Waals surface area (Å²) in [5.41, 5.74) is 2.72. The number of carbonyl (C=O) groups excluding carboxylic acids is 1. The summed E-state index contributed by atoms with van der Waals surface area (Å²) in [7, 11) is 0. The fourth-order valence-corrected chi connectivity index (χ4v) is 3.04. The third kappa shape index (κ3) is 7.46. The summed E-state index contributed by atoms with van der Waals surface area (Å²) in [4.78, 5) is 12.8. The van der Waals surface area contributed by atoms with Gasteiger partial charge < -0.3 is 15.1 Å². The zero-order chi connectivity index (χ0) is 23.7. The molecule has 0 bridgehead atoms. The van der Waals surface area contributed by atoms with Gasteiger partial charge >= 0.3 is 0 Å². The Balaban J connectivity index is 0.000000175. The summed E-state index contributed by atoms with van der Waals surface area (Å²) in [5.74, 6) is -0.101. The minimum Gasteiger partial charge on any atom is -0.508 e. The lowest BCUT2D eigenvalue weighted by molar-refractivity contribution is -0.123. The van der Waals surface area contributed by atoms with Crippen LogP contribution in [0.2, 0.25) is 0 Å². The van der Waals surface area contributed by atoms with Crippen LogP contribution >= 0.6 is 0 Å². The fourth-order valence-electron chi connectivity index (χ4n) is 3.04. The van der Waals surface area contributed by atoms with Crippen molar-refractivity contribution >= 4 is 11.6 Å². The Morgan fingerprint density at radius 1 is 0.938 bits per heavy atom. The molecule has 2 unspecified atom stereocenters. The monoisotopic (exact) mass is 441 g/mol. The van der Waals surface area contributed by atoms with Crippen molar-refractivity contribution in [2.24, 2.45) is 0 Å². The predicted molar refractivity (Wildman–Crippen MR) is 122 cm³/mol. The molecule has 3 aromatic carbocycles. The minimum absolute atomic E-state index is 0.110. The summed E-state index contributed by atoms with van der Waals surface area (Å²) in [6, 6.07) is 19.2. The zero-order valence-corrected chi connectivity index (χ0v) is 18.5. The van der Waals surface area contributed by atoms with Crippen molar-refractivity contribution < 1.29 is 23.8 Å². The van der Waals surface area contributed by atoms with Crippen LogP contribution in [0.4, 0.5) is 14.5 Å². The van der Waals surface area contributed by atoms with Crippen LogP contribution in [0, 0.1) is 18.6 Å². The van der Waals surface area contributed by atoms with E-state index in [1.807, 2.05) is 32.9 Å². The van der Waals surface area contributed by atoms with Gasteiger partial charge in [-0.05, 0) is 74.4 Å². The molecule has 1 saturated heterocycles. The normalized spacial score (nSPS) is 15.5. The van der Waals surface area contributed by atoms with Crippen LogP contribution in [0.3, 0.4) is 0 Å². The number of amides is 1. The van der Waals surface area contributed by atoms with E-state index in [9.17, 15) is 18.7 Å². The zero-order valence-electron chi connectivity index (χ0n) is 18.5. The molecule has 1 amide bonds. The lowest BCUT2D eigenvalue weighted by atomic mass is 10.0. The molecule has 32 heavy (non-hydrogen) atoms. The van der Waals surface area contributed by atoms with Gasteiger partial charge in [-0.2, -0.15) is 0 Å². The van der Waals surface area contributed by atoms with E-state index in [-0.39, 0.29) is 23.6 Å². The highest BCUT2D eigenvalue weighted by Gasteiger charge is 2.33. The number of phenols is 1. The van der Waals surface area contributed by atoms with E-state index in [1.165, 1.54) is 29.8 Å². The molecule has 1 aliphatic rings. The standard InChI is InChI=1S/C10H10FNO.C9H11FO.C7H8O/c1-7-6-10(13)12(7)9-4-2-8(11)3-5-9;1-2-9(11)7-3-5-8(10)6-4-7;1-6-2-4-7(8)5-3-6/h2-5,7H,6H2,1H3;3-6,9,11H,2H2,1H3;2-5,8H,1H3. The van der Waals surface area contributed by atoms with Crippen LogP contribution in [0.5, 0.6) is 5.75 Å². The van der Waals surface area contributed by atoms with Crippen LogP contribution in [0.15, 0.2) is 72.8 Å². The Morgan fingerprint density at radius 2 is 1.44 bits per heavy atom. The van der Waals surface area contributed by atoms with Gasteiger partial charge in [0.05, 0.1) is 6.10 Å². The van der Waals surface area contributed by atoms with Gasteiger partial charge in [0.1, 0.15) is 17.4 Å². The molecule has 0 radical (unpaired) electrons. The molecule has 2 atom stereocenters. The number of anilines is 1. The molecule has 4 nitrogen and oxygen atoms in total. The number of aliphatic hydroxyl groups excluding tert-OH is 1. The van der Waals surface area contributed by atoms with Crippen LogP contribution in [-0.4, -0.2) is 22.2 Å². The summed E-state index contributed by atoms with van der Waals surface area (Å²) in [6.45, 7) is 5.85. The maximum atomic E-state index is 12.6. The SMILES string of the molecule is CC1CC(=O)N1c1ccc(F)cc1.CCC(O)c1ccc(F)cc1.Cc1ccc(O)cc1. The molecular formula is C26H29F2NO3. The summed E-state index contributed by atoms with van der Waals surface area (Å²) in [6.07, 6.45) is 0.791. The lowest BCUT2D eigenvalue weighted by Gasteiger charge is -2.38. The van der Waals surface area contributed by atoms with Gasteiger partial charge in [-0.1, -0.05) is 36.8 Å². The first kappa shape index (κ1) is 25.0. The first-order valence-electron chi connectivity index (χ1n) is 10.5. The van der Waals surface area contributed by atoms with Gasteiger partial charge in [0.25, 0.3) is 0 Å². The Kier molecular flexibility index (Phi) is 9.35. The Bertz CT molecular complexity index is 952. The lowest BCUT2D eigenvalue weighted by Crippen LogP contribution is -2.51. The molecule has 4 rings (SSSR count). The van der Waals surface area contributed by atoms with E-state index in [4.69, 9.17) is 5.11 Å². The topological polar surface area (TPSA) is 60.8 Å². The molecule has 0 aliphatic carbocycles. The van der Waals surface area contributed by atoms with Crippen molar-refractivity contribution in [3.63, 3.8) is 0 Å². The van der Waals surface area contributed by atoms with Crippen LogP contribution in [-0.2, 0) is 4.79 Å². The van der Waals surface area contributed by atoms with Gasteiger partial charge in [0, 0.05) is 18.2 Å². The summed E-state index contributed by atoms with van der Waals surface area (Å²) < 4.78 is 24.9. The number of hydrogen-bond acceptors (Lipinski definition) is 3. The van der Waals surface area contributed by atoms with Crippen molar-refractivity contribution in [3.8, 4) is 5.75 Å². The maximum absolute atomic E-state index is 12.6. The average molecular weight is 442 g/mol. The van der Waals surface area contributed by atoms with Crippen molar-refractivity contribution in [3.05, 3.63) is 95.6 Å². The maximum Gasteiger partial charge on any atom is 0.229 e. The molecule has 1 aliphatic heterocycles.